The summed E-state index contributed by atoms with van der Waals surface area (Å²) in [5, 5.41) is 17.5. The van der Waals surface area contributed by atoms with Crippen LogP contribution in [-0.2, 0) is 0 Å². The topological polar surface area (TPSA) is 142 Å². The Balaban J connectivity index is 1.47. The maximum Gasteiger partial charge on any atom is 0.271 e. The summed E-state index contributed by atoms with van der Waals surface area (Å²) in [6, 6.07) is 17.6. The second kappa shape index (κ2) is 10.4. The number of nitrogens with one attached hydrogen (secondary N) is 2. The van der Waals surface area contributed by atoms with Gasteiger partial charge in [-0.25, -0.2) is 9.97 Å². The Kier molecular flexibility index (Phi) is 6.99. The van der Waals surface area contributed by atoms with Crippen molar-refractivity contribution in [2.45, 2.75) is 56.7 Å². The maximum atomic E-state index is 12.4. The molecule has 7 N–H and O–H groups in total. The molecule has 0 spiro atoms. The van der Waals surface area contributed by atoms with Crippen LogP contribution in [0.4, 0.5) is 23.0 Å². The molecule has 2 fully saturated rings. The summed E-state index contributed by atoms with van der Waals surface area (Å²) in [5.41, 5.74) is 14.2. The number of rotatable bonds is 7. The van der Waals surface area contributed by atoms with E-state index in [9.17, 15) is 9.90 Å². The lowest BCUT2D eigenvalue weighted by molar-refractivity contribution is 0.0577. The van der Waals surface area contributed by atoms with Gasteiger partial charge in [-0.2, -0.15) is 0 Å². The third-order valence-electron chi connectivity index (χ3n) is 7.45. The van der Waals surface area contributed by atoms with E-state index < -0.39 is 11.5 Å². The van der Waals surface area contributed by atoms with Crippen molar-refractivity contribution in [1.29, 1.82) is 0 Å². The lowest BCUT2D eigenvalue weighted by Crippen LogP contribution is -2.40. The Morgan fingerprint density at radius 2 is 1.73 bits per heavy atom. The van der Waals surface area contributed by atoms with Crippen LogP contribution >= 0.6 is 0 Å². The van der Waals surface area contributed by atoms with Gasteiger partial charge in [-0.1, -0.05) is 30.3 Å². The van der Waals surface area contributed by atoms with E-state index in [1.165, 1.54) is 0 Å². The minimum absolute atomic E-state index is 0.0525. The molecule has 2 aromatic carbocycles. The summed E-state index contributed by atoms with van der Waals surface area (Å²) in [6.07, 6.45) is 4.40. The predicted molar refractivity (Wildman–Crippen MR) is 147 cm³/mol. The smallest absolute Gasteiger partial charge is 0.271 e. The number of aromatic nitrogens is 2. The lowest BCUT2D eigenvalue weighted by Gasteiger charge is -2.32. The van der Waals surface area contributed by atoms with E-state index in [4.69, 9.17) is 16.5 Å². The Labute approximate surface area is 217 Å². The molecule has 1 saturated heterocycles. The molecule has 194 valence electrons. The van der Waals surface area contributed by atoms with Crippen LogP contribution in [-0.4, -0.2) is 51.8 Å². The molecule has 2 unspecified atom stereocenters. The quantitative estimate of drug-likeness (QED) is 0.330. The molecule has 5 rings (SSSR count). The van der Waals surface area contributed by atoms with Gasteiger partial charge in [-0.3, -0.25) is 4.79 Å². The molecule has 2 aliphatic rings. The van der Waals surface area contributed by atoms with E-state index in [2.05, 4.69) is 20.5 Å². The van der Waals surface area contributed by atoms with Crippen molar-refractivity contribution in [2.24, 2.45) is 11.5 Å². The number of aliphatic hydroxyl groups is 1. The van der Waals surface area contributed by atoms with Gasteiger partial charge < -0.3 is 32.1 Å². The van der Waals surface area contributed by atoms with Crippen LogP contribution in [0, 0.1) is 0 Å². The number of nitrogens with zero attached hydrogens (tertiary/aromatic N) is 3. The minimum atomic E-state index is -0.861. The highest BCUT2D eigenvalue weighted by molar-refractivity contribution is 5.97. The van der Waals surface area contributed by atoms with Crippen molar-refractivity contribution in [3.63, 3.8) is 0 Å². The van der Waals surface area contributed by atoms with E-state index in [-0.39, 0.29) is 23.6 Å². The summed E-state index contributed by atoms with van der Waals surface area (Å²) in [4.78, 5) is 24.2. The summed E-state index contributed by atoms with van der Waals surface area (Å²) in [6.45, 7) is 3.71. The van der Waals surface area contributed by atoms with Gasteiger partial charge in [0.05, 0.1) is 11.6 Å². The molecule has 0 radical (unpaired) electrons. The van der Waals surface area contributed by atoms with Crippen LogP contribution in [0.2, 0.25) is 0 Å². The molecule has 1 amide bonds. The van der Waals surface area contributed by atoms with Crippen molar-refractivity contribution in [2.75, 3.05) is 28.6 Å². The van der Waals surface area contributed by atoms with Gasteiger partial charge in [-0.05, 0) is 63.3 Å². The van der Waals surface area contributed by atoms with Gasteiger partial charge in [0.2, 0.25) is 0 Å². The summed E-state index contributed by atoms with van der Waals surface area (Å²) in [7, 11) is 0. The molecular formula is C28H35N7O2. The van der Waals surface area contributed by atoms with Gasteiger partial charge in [0.25, 0.3) is 5.91 Å². The standard InChI is InChI=1S/C28H35N7O2/c1-28(37)15-5-8-22(28)32-26-23(18-6-3-2-4-7-18)33-24(25(30)36)27(34-26)31-20-9-11-21(12-10-20)35-16-13-19(29)14-17-35/h2-4,6-7,9-12,19,22,37H,5,8,13-17,29H2,1H3,(H2,30,36)(H2,31,32,34). The Morgan fingerprint density at radius 3 is 2.35 bits per heavy atom. The Hall–Kier alpha value is -3.69. The van der Waals surface area contributed by atoms with Gasteiger partial charge in [0.1, 0.15) is 5.69 Å². The van der Waals surface area contributed by atoms with E-state index in [0.717, 1.165) is 55.7 Å². The number of anilines is 4. The summed E-state index contributed by atoms with van der Waals surface area (Å²) < 4.78 is 0. The van der Waals surface area contributed by atoms with Crippen LogP contribution in [0.1, 0.15) is 49.5 Å². The molecule has 0 bridgehead atoms. The molecule has 9 nitrogen and oxygen atoms in total. The molecular weight excluding hydrogens is 466 g/mol. The van der Waals surface area contributed by atoms with Crippen molar-refractivity contribution in [3.05, 3.63) is 60.3 Å². The van der Waals surface area contributed by atoms with E-state index in [1.54, 1.807) is 0 Å². The fraction of sp³-hybridized carbons (Fsp3) is 0.393. The Morgan fingerprint density at radius 1 is 1.03 bits per heavy atom. The molecule has 9 heteroatoms. The van der Waals surface area contributed by atoms with Crippen LogP contribution in [0.3, 0.4) is 0 Å². The summed E-state index contributed by atoms with van der Waals surface area (Å²) in [5.74, 6) is 0.0871. The number of piperidine rings is 1. The number of carbonyl (C=O) groups is 1. The number of hydrogen-bond donors (Lipinski definition) is 5. The molecule has 2 atom stereocenters. The normalized spacial score (nSPS) is 22.1. The zero-order valence-corrected chi connectivity index (χ0v) is 21.2. The highest BCUT2D eigenvalue weighted by atomic mass is 16.3. The highest BCUT2D eigenvalue weighted by Gasteiger charge is 2.37. The molecule has 1 aromatic heterocycles. The maximum absolute atomic E-state index is 12.4. The first kappa shape index (κ1) is 25.0. The zero-order valence-electron chi connectivity index (χ0n) is 21.2. The summed E-state index contributed by atoms with van der Waals surface area (Å²) >= 11 is 0. The Bertz CT molecular complexity index is 1240. The average Bonchev–Trinajstić information content (AvgIpc) is 3.23. The lowest BCUT2D eigenvalue weighted by atomic mass is 10.0. The third-order valence-corrected chi connectivity index (χ3v) is 7.45. The molecule has 1 saturated carbocycles. The van der Waals surface area contributed by atoms with Crippen molar-refractivity contribution < 1.29 is 9.90 Å². The average molecular weight is 502 g/mol. The predicted octanol–water partition coefficient (Wildman–Crippen LogP) is 3.63. The second-order valence-electron chi connectivity index (χ2n) is 10.3. The first-order valence-corrected chi connectivity index (χ1v) is 12.9. The van der Waals surface area contributed by atoms with Gasteiger partial charge in [0, 0.05) is 36.1 Å². The third kappa shape index (κ3) is 5.52. The molecule has 1 aliphatic heterocycles. The molecule has 2 heterocycles. The molecule has 3 aromatic rings. The second-order valence-corrected chi connectivity index (χ2v) is 10.3. The molecule has 1 aliphatic carbocycles. The van der Waals surface area contributed by atoms with Crippen molar-refractivity contribution in [3.8, 4) is 11.3 Å². The number of amides is 1. The number of carbonyl (C=O) groups excluding carboxylic acids is 1. The van der Waals surface area contributed by atoms with Crippen LogP contribution in [0.15, 0.2) is 54.6 Å². The van der Waals surface area contributed by atoms with Gasteiger partial charge in [-0.15, -0.1) is 0 Å². The monoisotopic (exact) mass is 501 g/mol. The van der Waals surface area contributed by atoms with Crippen LogP contribution in [0.5, 0.6) is 0 Å². The minimum Gasteiger partial charge on any atom is -0.388 e. The number of primary amides is 1. The fourth-order valence-corrected chi connectivity index (χ4v) is 5.18. The van der Waals surface area contributed by atoms with Crippen LogP contribution < -0.4 is 27.0 Å². The number of hydrogen-bond acceptors (Lipinski definition) is 8. The van der Waals surface area contributed by atoms with E-state index in [1.807, 2.05) is 61.5 Å². The zero-order chi connectivity index (χ0) is 26.0. The SMILES string of the molecule is CC1(O)CCCC1Nc1nc(Nc2ccc(N3CCC(N)CC3)cc2)c(C(N)=O)nc1-c1ccccc1. The van der Waals surface area contributed by atoms with Gasteiger partial charge in [0.15, 0.2) is 17.3 Å². The largest absolute Gasteiger partial charge is 0.388 e. The fourth-order valence-electron chi connectivity index (χ4n) is 5.18. The number of benzene rings is 2. The van der Waals surface area contributed by atoms with E-state index >= 15 is 0 Å². The van der Waals surface area contributed by atoms with Crippen LogP contribution in [0.25, 0.3) is 11.3 Å². The van der Waals surface area contributed by atoms with Gasteiger partial charge >= 0.3 is 0 Å². The first-order chi connectivity index (χ1) is 17.8. The van der Waals surface area contributed by atoms with E-state index in [0.29, 0.717) is 17.9 Å². The first-order valence-electron chi connectivity index (χ1n) is 12.9. The highest BCUT2D eigenvalue weighted by Crippen LogP contribution is 2.35. The number of nitrogens with two attached hydrogens (primary N) is 2. The van der Waals surface area contributed by atoms with Crippen molar-refractivity contribution >= 4 is 28.9 Å². The molecule has 37 heavy (non-hydrogen) atoms. The van der Waals surface area contributed by atoms with Crippen molar-refractivity contribution in [1.82, 2.24) is 9.97 Å².